The number of nitrogens with zero attached hydrogens (tertiary/aromatic N) is 3. The maximum Gasteiger partial charge on any atom is 0.410 e. The van der Waals surface area contributed by atoms with Gasteiger partial charge in [0.15, 0.2) is 9.84 Å². The molecule has 1 amide bonds. The first-order valence-corrected chi connectivity index (χ1v) is 15.1. The van der Waals surface area contributed by atoms with E-state index in [1.165, 1.54) is 18.5 Å². The van der Waals surface area contributed by atoms with Gasteiger partial charge in [-0.3, -0.25) is 4.90 Å². The van der Waals surface area contributed by atoms with Crippen molar-refractivity contribution in [1.82, 2.24) is 14.9 Å². The van der Waals surface area contributed by atoms with Gasteiger partial charge in [-0.2, -0.15) is 0 Å². The number of benzene rings is 1. The molecule has 0 radical (unpaired) electrons. The van der Waals surface area contributed by atoms with Gasteiger partial charge in [-0.05, 0) is 64.2 Å². The second-order valence-electron chi connectivity index (χ2n) is 11.3. The number of ether oxygens (including phenoxy) is 3. The molecule has 10 nitrogen and oxygen atoms in total. The maximum absolute atomic E-state index is 14.9. The highest BCUT2D eigenvalue weighted by atomic mass is 32.2. The predicted octanol–water partition coefficient (Wildman–Crippen LogP) is 4.29. The van der Waals surface area contributed by atoms with Crippen LogP contribution in [0, 0.1) is 12.7 Å². The summed E-state index contributed by atoms with van der Waals surface area (Å²) >= 11 is 0. The number of carbonyl (C=O) groups excluding carboxylic acids is 1. The van der Waals surface area contributed by atoms with Crippen LogP contribution >= 0.6 is 0 Å². The third-order valence-electron chi connectivity index (χ3n) is 8.23. The lowest BCUT2D eigenvalue weighted by atomic mass is 9.82. The molecule has 0 spiro atoms. The molecular formula is C27H33FN4O6S. The minimum absolute atomic E-state index is 0.0111. The van der Waals surface area contributed by atoms with E-state index in [9.17, 15) is 17.6 Å². The molecule has 6 rings (SSSR count). The Morgan fingerprint density at radius 1 is 1.18 bits per heavy atom. The Balaban J connectivity index is 1.13. The van der Waals surface area contributed by atoms with Crippen LogP contribution in [0.2, 0.25) is 0 Å². The summed E-state index contributed by atoms with van der Waals surface area (Å²) in [5.41, 5.74) is 0.329. The monoisotopic (exact) mass is 560 g/mol. The standard InChI is InChI=1S/C27H33FN4O6S/c1-16-24(31-23-7-6-21(12-22(23)28)39(34,35)20-4-5-20)29-15-30-25(16)37-19-10-17-13-36-14-18(11-19)32(17)26(33)38-27(2)8-3-9-27/h6-7,12,15,17-20H,3-5,8-11,13-14H2,1-2H3,(H,29,30,31)/t17-,18?,19+/m1/s1. The molecule has 39 heavy (non-hydrogen) atoms. The topological polar surface area (TPSA) is 120 Å². The molecule has 2 saturated heterocycles. The van der Waals surface area contributed by atoms with E-state index >= 15 is 0 Å². The van der Waals surface area contributed by atoms with Crippen molar-refractivity contribution in [2.45, 2.75) is 92.7 Å². The first kappa shape index (κ1) is 26.2. The summed E-state index contributed by atoms with van der Waals surface area (Å²) in [6, 6.07) is 3.57. The lowest BCUT2D eigenvalue weighted by molar-refractivity contribution is -0.114. The van der Waals surface area contributed by atoms with Crippen molar-refractivity contribution >= 4 is 27.4 Å². The van der Waals surface area contributed by atoms with Crippen LogP contribution in [-0.2, 0) is 19.3 Å². The minimum Gasteiger partial charge on any atom is -0.474 e. The summed E-state index contributed by atoms with van der Waals surface area (Å²) in [4.78, 5) is 23.4. The zero-order valence-corrected chi connectivity index (χ0v) is 22.9. The molecule has 3 atom stereocenters. The lowest BCUT2D eigenvalue weighted by Gasteiger charge is -2.49. The summed E-state index contributed by atoms with van der Waals surface area (Å²) in [7, 11) is -3.49. The molecule has 1 unspecified atom stereocenters. The van der Waals surface area contributed by atoms with E-state index in [2.05, 4.69) is 15.3 Å². The first-order valence-electron chi connectivity index (χ1n) is 13.5. The second-order valence-corrected chi connectivity index (χ2v) is 13.5. The Bertz CT molecular complexity index is 1370. The van der Waals surface area contributed by atoms with Gasteiger partial charge in [0, 0.05) is 12.8 Å². The zero-order valence-electron chi connectivity index (χ0n) is 22.1. The van der Waals surface area contributed by atoms with Gasteiger partial charge in [0.25, 0.3) is 0 Å². The number of sulfone groups is 1. The van der Waals surface area contributed by atoms with Crippen molar-refractivity contribution in [3.8, 4) is 5.88 Å². The number of aromatic nitrogens is 2. The van der Waals surface area contributed by atoms with Gasteiger partial charge in [-0.1, -0.05) is 0 Å². The molecule has 3 heterocycles. The SMILES string of the molecule is Cc1c(Nc2ccc(S(=O)(=O)C3CC3)cc2F)ncnc1O[C@@H]1CC2COC[C@@H](C1)N2C(=O)OC1(C)CCC1. The third-order valence-corrected chi connectivity index (χ3v) is 10.5. The van der Waals surface area contributed by atoms with Gasteiger partial charge in [-0.25, -0.2) is 27.6 Å². The molecule has 2 aliphatic carbocycles. The Hall–Kier alpha value is -2.99. The number of halogens is 1. The van der Waals surface area contributed by atoms with Gasteiger partial charge < -0.3 is 19.5 Å². The highest BCUT2D eigenvalue weighted by molar-refractivity contribution is 7.92. The highest BCUT2D eigenvalue weighted by Gasteiger charge is 2.46. The lowest BCUT2D eigenvalue weighted by Crippen LogP contribution is -2.62. The number of hydrogen-bond acceptors (Lipinski definition) is 9. The van der Waals surface area contributed by atoms with Crippen LogP contribution in [0.3, 0.4) is 0 Å². The van der Waals surface area contributed by atoms with E-state index < -0.39 is 20.9 Å². The van der Waals surface area contributed by atoms with E-state index in [1.54, 1.807) is 6.92 Å². The predicted molar refractivity (Wildman–Crippen MR) is 139 cm³/mol. The van der Waals surface area contributed by atoms with Crippen molar-refractivity contribution < 1.29 is 31.8 Å². The largest absolute Gasteiger partial charge is 0.474 e. The molecule has 2 saturated carbocycles. The van der Waals surface area contributed by atoms with Gasteiger partial charge in [0.05, 0.1) is 46.7 Å². The van der Waals surface area contributed by atoms with Gasteiger partial charge in [0.2, 0.25) is 5.88 Å². The Morgan fingerprint density at radius 3 is 2.51 bits per heavy atom. The number of piperidine rings is 1. The summed E-state index contributed by atoms with van der Waals surface area (Å²) in [6.07, 6.45) is 6.08. The Morgan fingerprint density at radius 2 is 1.90 bits per heavy atom. The van der Waals surface area contributed by atoms with Gasteiger partial charge in [-0.15, -0.1) is 0 Å². The van der Waals surface area contributed by atoms with Crippen LogP contribution in [0.5, 0.6) is 5.88 Å². The number of rotatable bonds is 7. The zero-order chi connectivity index (χ0) is 27.4. The maximum atomic E-state index is 14.9. The van der Waals surface area contributed by atoms with Crippen LogP contribution in [0.15, 0.2) is 29.4 Å². The van der Waals surface area contributed by atoms with E-state index in [0.29, 0.717) is 56.2 Å². The molecule has 2 aromatic rings. The van der Waals surface area contributed by atoms with Gasteiger partial charge >= 0.3 is 6.09 Å². The fourth-order valence-electron chi connectivity index (χ4n) is 5.61. The molecule has 1 aromatic heterocycles. The highest BCUT2D eigenvalue weighted by Crippen LogP contribution is 2.38. The first-order chi connectivity index (χ1) is 18.6. The van der Waals surface area contributed by atoms with E-state index in [0.717, 1.165) is 25.3 Å². The molecule has 2 aliphatic heterocycles. The van der Waals surface area contributed by atoms with E-state index in [-0.39, 0.29) is 40.5 Å². The van der Waals surface area contributed by atoms with Crippen molar-refractivity contribution in [2.24, 2.45) is 0 Å². The van der Waals surface area contributed by atoms with Crippen LogP contribution in [0.4, 0.5) is 20.7 Å². The number of hydrogen-bond donors (Lipinski definition) is 1. The molecule has 210 valence electrons. The summed E-state index contributed by atoms with van der Waals surface area (Å²) in [6.45, 7) is 4.60. The summed E-state index contributed by atoms with van der Waals surface area (Å²) in [5, 5.41) is 2.54. The van der Waals surface area contributed by atoms with E-state index in [4.69, 9.17) is 14.2 Å². The normalized spacial score (nSPS) is 25.9. The average Bonchev–Trinajstić information content (AvgIpc) is 3.72. The van der Waals surface area contributed by atoms with Crippen molar-refractivity contribution in [2.75, 3.05) is 18.5 Å². The van der Waals surface area contributed by atoms with Gasteiger partial charge in [0.1, 0.15) is 29.7 Å². The van der Waals surface area contributed by atoms with Crippen LogP contribution < -0.4 is 10.1 Å². The molecule has 12 heteroatoms. The fourth-order valence-corrected chi connectivity index (χ4v) is 7.28. The molecule has 4 fully saturated rings. The average molecular weight is 561 g/mol. The number of nitrogens with one attached hydrogen (secondary N) is 1. The molecule has 2 bridgehead atoms. The smallest absolute Gasteiger partial charge is 0.410 e. The third kappa shape index (κ3) is 5.16. The quantitative estimate of drug-likeness (QED) is 0.529. The number of anilines is 2. The van der Waals surface area contributed by atoms with Crippen LogP contribution in [-0.4, -0.2) is 71.6 Å². The number of morpholine rings is 1. The number of amides is 1. The fraction of sp³-hybridized carbons (Fsp3) is 0.593. The molecule has 4 aliphatic rings. The van der Waals surface area contributed by atoms with Crippen molar-refractivity contribution in [3.05, 3.63) is 35.9 Å². The number of carbonyl (C=O) groups is 1. The Kier molecular flexibility index (Phi) is 6.65. The van der Waals surface area contributed by atoms with Crippen molar-refractivity contribution in [1.29, 1.82) is 0 Å². The van der Waals surface area contributed by atoms with Crippen molar-refractivity contribution in [3.63, 3.8) is 0 Å². The second kappa shape index (κ2) is 9.88. The molecular weight excluding hydrogens is 527 g/mol. The number of fused-ring (bicyclic) bond motifs is 2. The summed E-state index contributed by atoms with van der Waals surface area (Å²) in [5.74, 6) is 0.0397. The van der Waals surface area contributed by atoms with Crippen LogP contribution in [0.25, 0.3) is 0 Å². The van der Waals surface area contributed by atoms with Crippen LogP contribution in [0.1, 0.15) is 57.4 Å². The Labute approximate surface area is 227 Å². The van der Waals surface area contributed by atoms with E-state index in [1.807, 2.05) is 11.8 Å². The molecule has 1 aromatic carbocycles. The minimum atomic E-state index is -3.49. The summed E-state index contributed by atoms with van der Waals surface area (Å²) < 4.78 is 57.6. The molecule has 1 N–H and O–H groups in total.